The second-order valence-corrected chi connectivity index (χ2v) is 8.69. The summed E-state index contributed by atoms with van der Waals surface area (Å²) in [7, 11) is 0. The van der Waals surface area contributed by atoms with Crippen LogP contribution < -0.4 is 10.1 Å². The average Bonchev–Trinajstić information content (AvgIpc) is 3.39. The number of carbonyl (C=O) groups is 1. The molecule has 9 nitrogen and oxygen atoms in total. The number of nitrogens with one attached hydrogen (secondary N) is 1. The molecule has 0 saturated carbocycles. The minimum Gasteiger partial charge on any atom is -0.488 e. The maximum absolute atomic E-state index is 13.2. The topological polar surface area (TPSA) is 100 Å². The number of carbonyl (C=O) groups excluding carboxylic acids is 1. The maximum Gasteiger partial charge on any atom is 0.278 e. The van der Waals surface area contributed by atoms with Crippen molar-refractivity contribution in [3.05, 3.63) is 75.2 Å². The molecule has 4 rings (SSSR count). The van der Waals surface area contributed by atoms with Gasteiger partial charge in [0.05, 0.1) is 28.3 Å². The first-order valence-electron chi connectivity index (χ1n) is 11.2. The first-order chi connectivity index (χ1) is 16.1. The summed E-state index contributed by atoms with van der Waals surface area (Å²) in [6.45, 7) is 14.1. The molecule has 1 amide bonds. The Bertz CT molecular complexity index is 1360. The van der Waals surface area contributed by atoms with Crippen molar-refractivity contribution in [2.24, 2.45) is 0 Å². The van der Waals surface area contributed by atoms with Gasteiger partial charge in [0, 0.05) is 5.69 Å². The van der Waals surface area contributed by atoms with Gasteiger partial charge in [0.15, 0.2) is 5.69 Å². The van der Waals surface area contributed by atoms with Crippen molar-refractivity contribution in [3.8, 4) is 5.75 Å². The van der Waals surface area contributed by atoms with Crippen LogP contribution in [0.4, 0.5) is 5.69 Å². The summed E-state index contributed by atoms with van der Waals surface area (Å²) in [6.07, 6.45) is 0. The molecule has 0 aliphatic heterocycles. The fourth-order valence-corrected chi connectivity index (χ4v) is 3.89. The predicted octanol–water partition coefficient (Wildman–Crippen LogP) is 4.56. The zero-order chi connectivity index (χ0) is 24.6. The van der Waals surface area contributed by atoms with Gasteiger partial charge in [-0.1, -0.05) is 17.3 Å². The first kappa shape index (κ1) is 23.3. The fourth-order valence-electron chi connectivity index (χ4n) is 3.89. The molecule has 0 aliphatic carbocycles. The van der Waals surface area contributed by atoms with Crippen molar-refractivity contribution in [3.63, 3.8) is 0 Å². The number of aromatic nitrogens is 5. The second kappa shape index (κ2) is 9.17. The number of hydrogen-bond acceptors (Lipinski definition) is 6. The van der Waals surface area contributed by atoms with Gasteiger partial charge in [-0.25, -0.2) is 9.36 Å². The Morgan fingerprint density at radius 3 is 2.50 bits per heavy atom. The molecule has 9 heteroatoms. The Balaban J connectivity index is 1.53. The van der Waals surface area contributed by atoms with Crippen LogP contribution in [0.1, 0.15) is 55.7 Å². The van der Waals surface area contributed by atoms with Gasteiger partial charge in [-0.05, 0) is 71.7 Å². The highest BCUT2D eigenvalue weighted by Crippen LogP contribution is 2.25. The molecule has 0 aliphatic rings. The van der Waals surface area contributed by atoms with E-state index in [1.807, 2.05) is 75.2 Å². The third kappa shape index (κ3) is 4.59. The van der Waals surface area contributed by atoms with Gasteiger partial charge >= 0.3 is 0 Å². The number of ether oxygens (including phenoxy) is 1. The molecular weight excluding hydrogens is 432 g/mol. The molecule has 3 heterocycles. The van der Waals surface area contributed by atoms with E-state index in [0.29, 0.717) is 29.4 Å². The Hall–Kier alpha value is -3.88. The molecular formula is C25H30N6O3. The molecule has 0 unspecified atom stereocenters. The van der Waals surface area contributed by atoms with E-state index < -0.39 is 0 Å². The zero-order valence-corrected chi connectivity index (χ0v) is 20.7. The molecule has 0 saturated heterocycles. The third-order valence-corrected chi connectivity index (χ3v) is 5.91. The standard InChI is InChI=1S/C25H30N6O3/c1-14-8-9-15(2)22(10-14)33-12-21-20(7)34-29-24(21)25(32)26-23-18(5)28-31(19(23)6)13-30-17(4)11-16(3)27-30/h8-11H,12-13H2,1-7H3,(H,26,32). The van der Waals surface area contributed by atoms with Crippen molar-refractivity contribution in [1.82, 2.24) is 24.7 Å². The Morgan fingerprint density at radius 2 is 1.79 bits per heavy atom. The minimum atomic E-state index is -0.367. The molecule has 0 spiro atoms. The number of hydrogen-bond donors (Lipinski definition) is 1. The van der Waals surface area contributed by atoms with E-state index in [1.165, 1.54) is 0 Å². The molecule has 0 bridgehead atoms. The lowest BCUT2D eigenvalue weighted by Crippen LogP contribution is -2.17. The summed E-state index contributed by atoms with van der Waals surface area (Å²) < 4.78 is 15.0. The SMILES string of the molecule is Cc1ccc(C)c(OCc2c(C(=O)Nc3c(C)nn(Cn4nc(C)cc4C)c3C)noc2C)c1. The van der Waals surface area contributed by atoms with Crippen LogP contribution in [-0.2, 0) is 13.3 Å². The highest BCUT2D eigenvalue weighted by Gasteiger charge is 2.23. The van der Waals surface area contributed by atoms with E-state index in [9.17, 15) is 4.79 Å². The van der Waals surface area contributed by atoms with Gasteiger partial charge in [0.1, 0.15) is 24.8 Å². The second-order valence-electron chi connectivity index (χ2n) is 8.69. The fraction of sp³-hybridized carbons (Fsp3) is 0.360. The van der Waals surface area contributed by atoms with Gasteiger partial charge in [0.25, 0.3) is 5.91 Å². The molecule has 1 N–H and O–H groups in total. The van der Waals surface area contributed by atoms with Crippen LogP contribution in [0.25, 0.3) is 0 Å². The summed E-state index contributed by atoms with van der Waals surface area (Å²) in [6, 6.07) is 8.03. The van der Waals surface area contributed by atoms with Crippen LogP contribution in [-0.4, -0.2) is 30.6 Å². The molecule has 3 aromatic heterocycles. The summed E-state index contributed by atoms with van der Waals surface area (Å²) in [5.41, 5.74) is 7.11. The van der Waals surface area contributed by atoms with Crippen LogP contribution >= 0.6 is 0 Å². The van der Waals surface area contributed by atoms with Crippen LogP contribution in [0.2, 0.25) is 0 Å². The van der Waals surface area contributed by atoms with Gasteiger partial charge in [-0.2, -0.15) is 10.2 Å². The third-order valence-electron chi connectivity index (χ3n) is 5.91. The Labute approximate surface area is 198 Å². The Morgan fingerprint density at radius 1 is 1.03 bits per heavy atom. The van der Waals surface area contributed by atoms with Crippen molar-refractivity contribution >= 4 is 11.6 Å². The highest BCUT2D eigenvalue weighted by atomic mass is 16.5. The van der Waals surface area contributed by atoms with Gasteiger partial charge in [0.2, 0.25) is 0 Å². The number of benzene rings is 1. The lowest BCUT2D eigenvalue weighted by atomic mass is 10.1. The first-order valence-corrected chi connectivity index (χ1v) is 11.2. The molecule has 0 atom stereocenters. The predicted molar refractivity (Wildman–Crippen MR) is 128 cm³/mol. The summed E-state index contributed by atoms with van der Waals surface area (Å²) >= 11 is 0. The normalized spacial score (nSPS) is 11.1. The van der Waals surface area contributed by atoms with Gasteiger partial charge < -0.3 is 14.6 Å². The lowest BCUT2D eigenvalue weighted by Gasteiger charge is -2.11. The van der Waals surface area contributed by atoms with E-state index in [-0.39, 0.29) is 18.2 Å². The van der Waals surface area contributed by atoms with E-state index in [0.717, 1.165) is 34.0 Å². The van der Waals surface area contributed by atoms with Crippen molar-refractivity contribution in [1.29, 1.82) is 0 Å². The van der Waals surface area contributed by atoms with Crippen LogP contribution in [0.15, 0.2) is 28.8 Å². The number of anilines is 1. The lowest BCUT2D eigenvalue weighted by molar-refractivity contribution is 0.101. The van der Waals surface area contributed by atoms with Crippen LogP contribution in [0.5, 0.6) is 5.75 Å². The quantitative estimate of drug-likeness (QED) is 0.432. The number of aryl methyl sites for hydroxylation is 6. The van der Waals surface area contributed by atoms with E-state index in [1.54, 1.807) is 6.92 Å². The van der Waals surface area contributed by atoms with Crippen LogP contribution in [0.3, 0.4) is 0 Å². The van der Waals surface area contributed by atoms with Crippen molar-refractivity contribution in [2.75, 3.05) is 5.32 Å². The minimum absolute atomic E-state index is 0.178. The summed E-state index contributed by atoms with van der Waals surface area (Å²) in [5, 5.41) is 16.1. The van der Waals surface area contributed by atoms with E-state index in [4.69, 9.17) is 9.26 Å². The van der Waals surface area contributed by atoms with E-state index >= 15 is 0 Å². The molecule has 0 radical (unpaired) electrons. The van der Waals surface area contributed by atoms with Crippen molar-refractivity contribution < 1.29 is 14.1 Å². The zero-order valence-electron chi connectivity index (χ0n) is 20.7. The average molecular weight is 463 g/mol. The largest absolute Gasteiger partial charge is 0.488 e. The smallest absolute Gasteiger partial charge is 0.278 e. The summed E-state index contributed by atoms with van der Waals surface area (Å²) in [4.78, 5) is 13.2. The molecule has 4 aromatic rings. The monoisotopic (exact) mass is 462 g/mol. The molecule has 34 heavy (non-hydrogen) atoms. The molecule has 0 fully saturated rings. The van der Waals surface area contributed by atoms with E-state index in [2.05, 4.69) is 20.7 Å². The number of nitrogens with zero attached hydrogens (tertiary/aromatic N) is 5. The summed E-state index contributed by atoms with van der Waals surface area (Å²) in [5.74, 6) is 0.946. The van der Waals surface area contributed by atoms with Crippen molar-refractivity contribution in [2.45, 2.75) is 61.7 Å². The molecule has 178 valence electrons. The van der Waals surface area contributed by atoms with Gasteiger partial charge in [-0.15, -0.1) is 0 Å². The van der Waals surface area contributed by atoms with Gasteiger partial charge in [-0.3, -0.25) is 4.79 Å². The van der Waals surface area contributed by atoms with Crippen LogP contribution in [0, 0.1) is 48.5 Å². The number of rotatable bonds is 7. The number of amides is 1. The maximum atomic E-state index is 13.2. The molecule has 1 aromatic carbocycles. The Kier molecular flexibility index (Phi) is 6.28. The highest BCUT2D eigenvalue weighted by molar-refractivity contribution is 6.04.